The second-order valence-corrected chi connectivity index (χ2v) is 8.09. The third-order valence-electron chi connectivity index (χ3n) is 5.22. The van der Waals surface area contributed by atoms with Crippen molar-refractivity contribution in [2.45, 2.75) is 33.1 Å². The first-order valence-electron chi connectivity index (χ1n) is 9.54. The Morgan fingerprint density at radius 2 is 2.00 bits per heavy atom. The fourth-order valence-electron chi connectivity index (χ4n) is 3.90. The highest BCUT2D eigenvalue weighted by atomic mass is 32.1. The third kappa shape index (κ3) is 3.65. The Hall–Kier alpha value is -3.06. The molecule has 4 rings (SSSR count). The van der Waals surface area contributed by atoms with Gasteiger partial charge in [0.25, 0.3) is 5.69 Å². The minimum atomic E-state index is -0.375. The fourth-order valence-corrected chi connectivity index (χ4v) is 4.70. The summed E-state index contributed by atoms with van der Waals surface area (Å²) < 4.78 is 1.83. The number of hydrogen-bond acceptors (Lipinski definition) is 5. The molecule has 1 heterocycles. The molecule has 1 aromatic heterocycles. The van der Waals surface area contributed by atoms with Crippen molar-refractivity contribution in [2.75, 3.05) is 7.05 Å². The van der Waals surface area contributed by atoms with Crippen molar-refractivity contribution in [3.05, 3.63) is 78.9 Å². The molecule has 0 amide bonds. The number of aryl methyl sites for hydroxylation is 2. The van der Waals surface area contributed by atoms with Gasteiger partial charge in [0.1, 0.15) is 0 Å². The number of thiazole rings is 1. The van der Waals surface area contributed by atoms with E-state index in [1.54, 1.807) is 19.2 Å². The topological polar surface area (TPSA) is 72.8 Å². The van der Waals surface area contributed by atoms with Gasteiger partial charge in [0.15, 0.2) is 0 Å². The summed E-state index contributed by atoms with van der Waals surface area (Å²) in [5.41, 5.74) is 7.78. The van der Waals surface area contributed by atoms with Gasteiger partial charge in [0, 0.05) is 35.7 Å². The molecular formula is C22H22N4O2S. The molecular weight excluding hydrogens is 384 g/mol. The normalized spacial score (nSPS) is 15.6. The van der Waals surface area contributed by atoms with Crippen molar-refractivity contribution in [1.29, 1.82) is 0 Å². The van der Waals surface area contributed by atoms with Crippen LogP contribution in [0.25, 0.3) is 11.3 Å². The van der Waals surface area contributed by atoms with E-state index in [2.05, 4.69) is 31.0 Å². The zero-order chi connectivity index (χ0) is 20.5. The Morgan fingerprint density at radius 3 is 2.76 bits per heavy atom. The Bertz CT molecular complexity index is 1200. The molecule has 0 radical (unpaired) electrons. The molecule has 0 bridgehead atoms. The highest BCUT2D eigenvalue weighted by Gasteiger charge is 2.19. The van der Waals surface area contributed by atoms with Crippen LogP contribution in [0.4, 0.5) is 5.69 Å². The molecule has 2 aromatic carbocycles. The van der Waals surface area contributed by atoms with Crippen molar-refractivity contribution in [2.24, 2.45) is 10.1 Å². The number of aromatic nitrogens is 1. The number of nitro groups is 1. The maximum Gasteiger partial charge on any atom is 0.270 e. The Morgan fingerprint density at radius 1 is 1.17 bits per heavy atom. The number of rotatable bonds is 3. The van der Waals surface area contributed by atoms with Gasteiger partial charge in [-0.05, 0) is 50.3 Å². The zero-order valence-electron chi connectivity index (χ0n) is 16.7. The molecule has 1 aliphatic rings. The van der Waals surface area contributed by atoms with Gasteiger partial charge in [0.05, 0.1) is 16.3 Å². The van der Waals surface area contributed by atoms with Gasteiger partial charge in [0.2, 0.25) is 4.80 Å². The smallest absolute Gasteiger partial charge is 0.261 e. The molecule has 0 N–H and O–H groups in total. The Labute approximate surface area is 173 Å². The van der Waals surface area contributed by atoms with E-state index in [-0.39, 0.29) is 10.6 Å². The van der Waals surface area contributed by atoms with Gasteiger partial charge >= 0.3 is 0 Å². The number of nitro benzene ring substituents is 1. The van der Waals surface area contributed by atoms with E-state index in [0.717, 1.165) is 41.0 Å². The monoisotopic (exact) mass is 406 g/mol. The molecule has 0 atom stereocenters. The molecule has 0 unspecified atom stereocenters. The number of nitrogens with zero attached hydrogens (tertiary/aromatic N) is 4. The number of non-ortho nitro benzene ring substituents is 1. The summed E-state index contributed by atoms with van der Waals surface area (Å²) in [7, 11) is 1.74. The molecule has 148 valence electrons. The summed E-state index contributed by atoms with van der Waals surface area (Å²) in [5.74, 6) is 0. The summed E-state index contributed by atoms with van der Waals surface area (Å²) in [5, 5.41) is 18.2. The van der Waals surface area contributed by atoms with Crippen LogP contribution in [0.2, 0.25) is 0 Å². The van der Waals surface area contributed by atoms with E-state index in [9.17, 15) is 10.1 Å². The lowest BCUT2D eigenvalue weighted by Gasteiger charge is -2.21. The van der Waals surface area contributed by atoms with E-state index in [1.807, 2.05) is 16.1 Å². The molecule has 0 saturated carbocycles. The van der Waals surface area contributed by atoms with Crippen molar-refractivity contribution in [3.8, 4) is 11.3 Å². The van der Waals surface area contributed by atoms with Crippen molar-refractivity contribution >= 4 is 22.7 Å². The van der Waals surface area contributed by atoms with Gasteiger partial charge in [-0.25, -0.2) is 4.68 Å². The maximum atomic E-state index is 11.2. The first kappa shape index (κ1) is 19.3. The van der Waals surface area contributed by atoms with E-state index in [1.165, 1.54) is 39.7 Å². The van der Waals surface area contributed by atoms with Crippen LogP contribution < -0.4 is 4.80 Å². The van der Waals surface area contributed by atoms with E-state index < -0.39 is 0 Å². The quantitative estimate of drug-likeness (QED) is 0.460. The Kier molecular flexibility index (Phi) is 5.15. The molecule has 0 aliphatic heterocycles. The molecule has 0 fully saturated rings. The van der Waals surface area contributed by atoms with E-state index in [4.69, 9.17) is 5.10 Å². The lowest BCUT2D eigenvalue weighted by Crippen LogP contribution is -2.19. The number of fused-ring (bicyclic) bond motifs is 1. The average Bonchev–Trinajstić information content (AvgIpc) is 3.11. The van der Waals surface area contributed by atoms with Crippen molar-refractivity contribution in [3.63, 3.8) is 0 Å². The predicted molar refractivity (Wildman–Crippen MR) is 117 cm³/mol. The van der Waals surface area contributed by atoms with E-state index >= 15 is 0 Å². The number of hydrogen-bond donors (Lipinski definition) is 0. The average molecular weight is 407 g/mol. The second kappa shape index (κ2) is 7.75. The molecule has 7 heteroatoms. The van der Waals surface area contributed by atoms with Gasteiger partial charge in [-0.3, -0.25) is 15.1 Å². The summed E-state index contributed by atoms with van der Waals surface area (Å²) in [4.78, 5) is 16.0. The largest absolute Gasteiger partial charge is 0.270 e. The minimum Gasteiger partial charge on any atom is -0.261 e. The fraction of sp³-hybridized carbons (Fsp3) is 0.273. The maximum absolute atomic E-state index is 11.2. The molecule has 1 aliphatic carbocycles. The van der Waals surface area contributed by atoms with Gasteiger partial charge < -0.3 is 0 Å². The van der Waals surface area contributed by atoms with Gasteiger partial charge in [-0.1, -0.05) is 23.8 Å². The summed E-state index contributed by atoms with van der Waals surface area (Å²) in [6.45, 7) is 4.27. The third-order valence-corrected chi connectivity index (χ3v) is 6.13. The van der Waals surface area contributed by atoms with E-state index in [0.29, 0.717) is 0 Å². The van der Waals surface area contributed by atoms with Crippen LogP contribution in [0.3, 0.4) is 0 Å². The predicted octanol–water partition coefficient (Wildman–Crippen LogP) is 4.86. The van der Waals surface area contributed by atoms with Crippen LogP contribution >= 0.6 is 11.3 Å². The Balaban J connectivity index is 1.89. The molecule has 6 nitrogen and oxygen atoms in total. The first-order valence-corrected chi connectivity index (χ1v) is 10.4. The lowest BCUT2D eigenvalue weighted by molar-refractivity contribution is -0.384. The summed E-state index contributed by atoms with van der Waals surface area (Å²) in [6.07, 6.45) is 3.03. The SMILES string of the molecule is CN=c1scc(-c2cccc([N+](=O)[O-])c2)n1N=C1CCCc2c(C)cc(C)cc21. The highest BCUT2D eigenvalue weighted by Crippen LogP contribution is 2.28. The molecule has 29 heavy (non-hydrogen) atoms. The number of benzene rings is 2. The minimum absolute atomic E-state index is 0.0668. The second-order valence-electron chi connectivity index (χ2n) is 7.25. The van der Waals surface area contributed by atoms with Crippen LogP contribution in [-0.4, -0.2) is 22.4 Å². The summed E-state index contributed by atoms with van der Waals surface area (Å²) >= 11 is 1.48. The lowest BCUT2D eigenvalue weighted by atomic mass is 9.86. The van der Waals surface area contributed by atoms with Crippen LogP contribution in [0.15, 0.2) is 51.9 Å². The van der Waals surface area contributed by atoms with Crippen LogP contribution in [0.5, 0.6) is 0 Å². The van der Waals surface area contributed by atoms with Gasteiger partial charge in [-0.15, -0.1) is 11.3 Å². The van der Waals surface area contributed by atoms with Crippen molar-refractivity contribution < 1.29 is 4.92 Å². The molecule has 0 saturated heterocycles. The highest BCUT2D eigenvalue weighted by molar-refractivity contribution is 7.07. The molecule has 0 spiro atoms. The van der Waals surface area contributed by atoms with Crippen LogP contribution in [-0.2, 0) is 6.42 Å². The standard InChI is InChI=1S/C22H22N4O2S/c1-14-10-15(2)18-8-5-9-20(19(18)11-14)24-25-21(13-29-22(25)23-3)16-6-4-7-17(12-16)26(27)28/h4,6-7,10-13H,5,8-9H2,1-3H3. The van der Waals surface area contributed by atoms with Gasteiger partial charge in [-0.2, -0.15) is 5.10 Å². The summed E-state index contributed by atoms with van der Waals surface area (Å²) in [6, 6.07) is 11.1. The van der Waals surface area contributed by atoms with Crippen molar-refractivity contribution in [1.82, 2.24) is 4.68 Å². The van der Waals surface area contributed by atoms with Crippen LogP contribution in [0, 0.1) is 24.0 Å². The molecule has 3 aromatic rings. The van der Waals surface area contributed by atoms with Crippen LogP contribution in [0.1, 0.15) is 35.1 Å². The zero-order valence-corrected chi connectivity index (χ0v) is 17.5. The first-order chi connectivity index (χ1) is 14.0.